The highest BCUT2D eigenvalue weighted by atomic mass is 35.5. The number of rotatable bonds is 9. The molecule has 0 spiro atoms. The highest BCUT2D eigenvalue weighted by Crippen LogP contribution is 2.35. The van der Waals surface area contributed by atoms with Crippen LogP contribution < -0.4 is 10.7 Å². The quantitative estimate of drug-likeness (QED) is 0.568. The SMILES string of the molecule is COCc1c(C(=O)NCC2(N3CCOCC3)CCCC2)c(=O)cc(C)n1CCc1cccc(Cl)c1. The fourth-order valence-corrected chi connectivity index (χ4v) is 5.83. The third kappa shape index (κ3) is 5.97. The molecule has 8 heteroatoms. The van der Waals surface area contributed by atoms with Gasteiger partial charge in [0.25, 0.3) is 5.91 Å². The van der Waals surface area contributed by atoms with Crippen LogP contribution in [0.1, 0.15) is 53.0 Å². The molecule has 1 N–H and O–H groups in total. The lowest BCUT2D eigenvalue weighted by molar-refractivity contribution is -0.0199. The molecule has 0 atom stereocenters. The number of nitrogens with zero attached hydrogens (tertiary/aromatic N) is 2. The van der Waals surface area contributed by atoms with E-state index in [2.05, 4.69) is 10.2 Å². The molecule has 1 aromatic carbocycles. The lowest BCUT2D eigenvalue weighted by Gasteiger charge is -2.43. The minimum Gasteiger partial charge on any atom is -0.379 e. The predicted molar refractivity (Wildman–Crippen MR) is 137 cm³/mol. The van der Waals surface area contributed by atoms with Gasteiger partial charge in [0.05, 0.1) is 25.5 Å². The van der Waals surface area contributed by atoms with Crippen molar-refractivity contribution in [3.8, 4) is 0 Å². The molecule has 0 unspecified atom stereocenters. The number of benzene rings is 1. The second-order valence-electron chi connectivity index (χ2n) is 9.65. The number of carbonyl (C=O) groups excluding carboxylic acids is 1. The van der Waals surface area contributed by atoms with Crippen molar-refractivity contribution in [2.75, 3.05) is 40.0 Å². The van der Waals surface area contributed by atoms with Crippen LogP contribution >= 0.6 is 11.6 Å². The molecule has 2 heterocycles. The molecule has 1 aliphatic carbocycles. The van der Waals surface area contributed by atoms with E-state index in [1.54, 1.807) is 13.2 Å². The normalized spacial score (nSPS) is 18.0. The Morgan fingerprint density at radius 3 is 2.63 bits per heavy atom. The van der Waals surface area contributed by atoms with Gasteiger partial charge in [-0.3, -0.25) is 14.5 Å². The zero-order valence-electron chi connectivity index (χ0n) is 20.8. The number of morpholine rings is 1. The molecule has 1 aliphatic heterocycles. The average Bonchev–Trinajstić information content (AvgIpc) is 3.33. The number of nitrogens with one attached hydrogen (secondary N) is 1. The summed E-state index contributed by atoms with van der Waals surface area (Å²) in [7, 11) is 1.59. The van der Waals surface area contributed by atoms with Crippen LogP contribution in [0.15, 0.2) is 35.1 Å². The second-order valence-corrected chi connectivity index (χ2v) is 10.1. The molecule has 2 aromatic rings. The number of hydrogen-bond donors (Lipinski definition) is 1. The molecule has 4 rings (SSSR count). The number of halogens is 1. The van der Waals surface area contributed by atoms with Crippen LogP contribution in [0.4, 0.5) is 0 Å². The topological polar surface area (TPSA) is 72.8 Å². The Morgan fingerprint density at radius 2 is 1.94 bits per heavy atom. The van der Waals surface area contributed by atoms with E-state index in [9.17, 15) is 9.59 Å². The maximum Gasteiger partial charge on any atom is 0.257 e. The number of hydrogen-bond acceptors (Lipinski definition) is 5. The van der Waals surface area contributed by atoms with Gasteiger partial charge >= 0.3 is 0 Å². The van der Waals surface area contributed by atoms with Crippen molar-refractivity contribution in [2.45, 2.75) is 57.7 Å². The monoisotopic (exact) mass is 501 g/mol. The van der Waals surface area contributed by atoms with Crippen LogP contribution in [-0.2, 0) is 29.0 Å². The summed E-state index contributed by atoms with van der Waals surface area (Å²) in [5.41, 5.74) is 2.37. The third-order valence-electron chi connectivity index (χ3n) is 7.44. The molecular formula is C27H36ClN3O4. The van der Waals surface area contributed by atoms with Crippen LogP contribution in [-0.4, -0.2) is 60.9 Å². The molecule has 1 saturated carbocycles. The van der Waals surface area contributed by atoms with Crippen LogP contribution in [0, 0.1) is 6.92 Å². The van der Waals surface area contributed by atoms with E-state index in [4.69, 9.17) is 21.1 Å². The number of pyridine rings is 1. The van der Waals surface area contributed by atoms with Crippen LogP contribution in [0.2, 0.25) is 5.02 Å². The Bertz CT molecular complexity index is 1090. The van der Waals surface area contributed by atoms with Crippen molar-refractivity contribution in [3.05, 3.63) is 68.1 Å². The van der Waals surface area contributed by atoms with Gasteiger partial charge in [-0.2, -0.15) is 0 Å². The van der Waals surface area contributed by atoms with E-state index in [1.165, 1.54) is 0 Å². The van der Waals surface area contributed by atoms with Gasteiger partial charge in [0.15, 0.2) is 5.43 Å². The summed E-state index contributed by atoms with van der Waals surface area (Å²) in [6.45, 7) is 6.44. The van der Waals surface area contributed by atoms with Crippen molar-refractivity contribution in [3.63, 3.8) is 0 Å². The first-order valence-electron chi connectivity index (χ1n) is 12.5. The first-order valence-corrected chi connectivity index (χ1v) is 12.9. The first kappa shape index (κ1) is 25.9. The number of methoxy groups -OCH3 is 1. The fourth-order valence-electron chi connectivity index (χ4n) is 5.61. The third-order valence-corrected chi connectivity index (χ3v) is 7.68. The molecule has 1 saturated heterocycles. The van der Waals surface area contributed by atoms with Gasteiger partial charge in [0.1, 0.15) is 5.56 Å². The van der Waals surface area contributed by atoms with Gasteiger partial charge in [0, 0.05) is 55.6 Å². The van der Waals surface area contributed by atoms with Crippen molar-refractivity contribution >= 4 is 17.5 Å². The minimum absolute atomic E-state index is 0.0584. The molecule has 0 bridgehead atoms. The fraction of sp³-hybridized carbons (Fsp3) is 0.556. The minimum atomic E-state index is -0.321. The Morgan fingerprint density at radius 1 is 1.20 bits per heavy atom. The molecule has 190 valence electrons. The van der Waals surface area contributed by atoms with Crippen LogP contribution in [0.25, 0.3) is 0 Å². The van der Waals surface area contributed by atoms with Crippen molar-refractivity contribution in [1.29, 1.82) is 0 Å². The Hall–Kier alpha value is -2.19. The molecule has 7 nitrogen and oxygen atoms in total. The van der Waals surface area contributed by atoms with Gasteiger partial charge in [-0.25, -0.2) is 0 Å². The molecule has 0 radical (unpaired) electrons. The van der Waals surface area contributed by atoms with Crippen molar-refractivity contribution in [1.82, 2.24) is 14.8 Å². The molecular weight excluding hydrogens is 466 g/mol. The summed E-state index contributed by atoms with van der Waals surface area (Å²) in [6.07, 6.45) is 5.14. The average molecular weight is 502 g/mol. The highest BCUT2D eigenvalue weighted by molar-refractivity contribution is 6.30. The number of amides is 1. The van der Waals surface area contributed by atoms with E-state index in [1.807, 2.05) is 35.8 Å². The molecule has 1 aromatic heterocycles. The summed E-state index contributed by atoms with van der Waals surface area (Å²) in [5, 5.41) is 3.83. The Balaban J connectivity index is 1.57. The van der Waals surface area contributed by atoms with E-state index in [-0.39, 0.29) is 29.0 Å². The van der Waals surface area contributed by atoms with E-state index < -0.39 is 0 Å². The standard InChI is InChI=1S/C27H36ClN3O4/c1-20-16-24(32)25(23(18-34-2)31(20)11-8-21-6-5-7-22(28)17-21)26(33)29-19-27(9-3-4-10-27)30-12-14-35-15-13-30/h5-7,16-17H,3-4,8-15,18-19H2,1-2H3,(H,29,33). The molecule has 35 heavy (non-hydrogen) atoms. The molecule has 2 aliphatic rings. The Labute approximate surface area is 212 Å². The number of carbonyl (C=O) groups is 1. The zero-order chi connectivity index (χ0) is 24.8. The summed E-state index contributed by atoms with van der Waals surface area (Å²) in [4.78, 5) is 29.0. The van der Waals surface area contributed by atoms with Crippen molar-refractivity contribution in [2.24, 2.45) is 0 Å². The van der Waals surface area contributed by atoms with Gasteiger partial charge in [-0.05, 0) is 43.9 Å². The maximum atomic E-state index is 13.5. The molecule has 1 amide bonds. The van der Waals surface area contributed by atoms with E-state index in [0.717, 1.165) is 69.7 Å². The predicted octanol–water partition coefficient (Wildman–Crippen LogP) is 3.57. The van der Waals surface area contributed by atoms with E-state index in [0.29, 0.717) is 23.8 Å². The molecule has 2 fully saturated rings. The van der Waals surface area contributed by atoms with Gasteiger partial charge < -0.3 is 19.4 Å². The lowest BCUT2D eigenvalue weighted by Crippen LogP contribution is -2.57. The summed E-state index contributed by atoms with van der Waals surface area (Å²) in [5.74, 6) is -0.321. The number of aromatic nitrogens is 1. The van der Waals surface area contributed by atoms with Crippen LogP contribution in [0.3, 0.4) is 0 Å². The summed E-state index contributed by atoms with van der Waals surface area (Å²) >= 11 is 6.15. The largest absolute Gasteiger partial charge is 0.379 e. The lowest BCUT2D eigenvalue weighted by atomic mass is 9.94. The maximum absolute atomic E-state index is 13.5. The van der Waals surface area contributed by atoms with E-state index >= 15 is 0 Å². The highest BCUT2D eigenvalue weighted by Gasteiger charge is 2.40. The van der Waals surface area contributed by atoms with Gasteiger partial charge in [0.2, 0.25) is 0 Å². The summed E-state index contributed by atoms with van der Waals surface area (Å²) in [6, 6.07) is 9.30. The van der Waals surface area contributed by atoms with Crippen LogP contribution in [0.5, 0.6) is 0 Å². The zero-order valence-corrected chi connectivity index (χ0v) is 21.5. The smallest absolute Gasteiger partial charge is 0.257 e. The second kappa shape index (κ2) is 11.7. The number of ether oxygens (including phenoxy) is 2. The van der Waals surface area contributed by atoms with Gasteiger partial charge in [-0.15, -0.1) is 0 Å². The Kier molecular flexibility index (Phi) is 8.65. The number of aryl methyl sites for hydroxylation is 2. The van der Waals surface area contributed by atoms with Gasteiger partial charge in [-0.1, -0.05) is 36.6 Å². The van der Waals surface area contributed by atoms with Crippen molar-refractivity contribution < 1.29 is 14.3 Å². The first-order chi connectivity index (χ1) is 16.9. The summed E-state index contributed by atoms with van der Waals surface area (Å²) < 4.78 is 13.0.